The number of carbonyl (C=O) groups excluding carboxylic acids is 1. The van der Waals surface area contributed by atoms with Crippen LogP contribution in [0.2, 0.25) is 0 Å². The van der Waals surface area contributed by atoms with Gasteiger partial charge in [0.2, 0.25) is 5.91 Å². The molecule has 0 radical (unpaired) electrons. The fourth-order valence-corrected chi connectivity index (χ4v) is 2.65. The summed E-state index contributed by atoms with van der Waals surface area (Å²) >= 11 is 0. The molecule has 0 bridgehead atoms. The highest BCUT2D eigenvalue weighted by Crippen LogP contribution is 2.27. The first-order valence-corrected chi connectivity index (χ1v) is 7.92. The molecule has 0 unspecified atom stereocenters. The first-order valence-electron chi connectivity index (χ1n) is 7.92. The molecule has 23 heavy (non-hydrogen) atoms. The number of carbonyl (C=O) groups is 1. The minimum atomic E-state index is -0.215. The summed E-state index contributed by atoms with van der Waals surface area (Å²) in [5.74, 6) is 0.113. The number of hydrogen-bond donors (Lipinski definition) is 1. The van der Waals surface area contributed by atoms with Crippen LogP contribution < -0.4 is 5.32 Å². The van der Waals surface area contributed by atoms with E-state index in [2.05, 4.69) is 43.4 Å². The first kappa shape index (κ1) is 16.8. The number of hydrogen-bond acceptors (Lipinski definition) is 2. The van der Waals surface area contributed by atoms with E-state index in [1.807, 2.05) is 36.4 Å². The molecule has 3 heteroatoms. The number of nitrogens with zero attached hydrogens (tertiary/aromatic N) is 1. The van der Waals surface area contributed by atoms with Gasteiger partial charge in [0.05, 0.1) is 12.0 Å². The van der Waals surface area contributed by atoms with Gasteiger partial charge >= 0.3 is 0 Å². The summed E-state index contributed by atoms with van der Waals surface area (Å²) in [5, 5.41) is 11.3. The van der Waals surface area contributed by atoms with E-state index in [9.17, 15) is 4.79 Å². The predicted octanol–water partition coefficient (Wildman–Crippen LogP) is 4.12. The van der Waals surface area contributed by atoms with Gasteiger partial charge in [0.15, 0.2) is 0 Å². The molecule has 118 valence electrons. The van der Waals surface area contributed by atoms with Gasteiger partial charge in [-0.1, -0.05) is 68.4 Å². The maximum Gasteiger partial charge on any atom is 0.228 e. The lowest BCUT2D eigenvalue weighted by Crippen LogP contribution is -2.30. The minimum absolute atomic E-state index is 0.0511. The third-order valence-corrected chi connectivity index (χ3v) is 3.79. The van der Waals surface area contributed by atoms with E-state index in [0.717, 1.165) is 23.1 Å². The summed E-state index contributed by atoms with van der Waals surface area (Å²) in [6.07, 6.45) is 0.766. The molecule has 0 saturated carbocycles. The number of benzene rings is 2. The maximum absolute atomic E-state index is 12.3. The van der Waals surface area contributed by atoms with Crippen molar-refractivity contribution < 1.29 is 4.79 Å². The van der Waals surface area contributed by atoms with E-state index >= 15 is 0 Å². The number of nitriles is 1. The van der Waals surface area contributed by atoms with Crippen LogP contribution in [0.5, 0.6) is 0 Å². The van der Waals surface area contributed by atoms with Gasteiger partial charge in [-0.15, -0.1) is 0 Å². The van der Waals surface area contributed by atoms with E-state index in [4.69, 9.17) is 5.26 Å². The van der Waals surface area contributed by atoms with Crippen molar-refractivity contribution in [1.82, 2.24) is 5.32 Å². The molecular formula is C20H22N2O. The molecule has 0 fully saturated rings. The maximum atomic E-state index is 12.3. The Morgan fingerprint density at radius 1 is 1.04 bits per heavy atom. The summed E-state index contributed by atoms with van der Waals surface area (Å²) in [4.78, 5) is 12.3. The zero-order valence-electron chi connectivity index (χ0n) is 13.6. The van der Waals surface area contributed by atoms with Gasteiger partial charge in [0.1, 0.15) is 6.54 Å². The van der Waals surface area contributed by atoms with E-state index in [-0.39, 0.29) is 18.4 Å². The smallest absolute Gasteiger partial charge is 0.228 e. The van der Waals surface area contributed by atoms with Crippen molar-refractivity contribution in [2.45, 2.75) is 26.2 Å². The summed E-state index contributed by atoms with van der Waals surface area (Å²) in [5.41, 5.74) is 3.29. The molecule has 3 nitrogen and oxygen atoms in total. The fraction of sp³-hybridized carbons (Fsp3) is 0.300. The summed E-state index contributed by atoms with van der Waals surface area (Å²) in [6.45, 7) is 4.25. The molecule has 0 aliphatic heterocycles. The second-order valence-electron chi connectivity index (χ2n) is 6.05. The van der Waals surface area contributed by atoms with Crippen LogP contribution in [-0.4, -0.2) is 12.5 Å². The van der Waals surface area contributed by atoms with E-state index in [1.54, 1.807) is 0 Å². The van der Waals surface area contributed by atoms with Gasteiger partial charge in [-0.3, -0.25) is 4.79 Å². The average molecular weight is 306 g/mol. The van der Waals surface area contributed by atoms with Crippen LogP contribution in [0.3, 0.4) is 0 Å². The summed E-state index contributed by atoms with van der Waals surface area (Å²) in [6, 6.07) is 20.3. The Morgan fingerprint density at radius 3 is 2.22 bits per heavy atom. The topological polar surface area (TPSA) is 52.9 Å². The molecule has 1 N–H and O–H groups in total. The molecule has 0 saturated heterocycles. The SMILES string of the molecule is CC(C)C[C@H](C(=O)NCC#N)c1ccc(-c2ccccc2)cc1. The van der Waals surface area contributed by atoms with E-state index in [0.29, 0.717) is 5.92 Å². The van der Waals surface area contributed by atoms with Crippen molar-refractivity contribution in [2.75, 3.05) is 6.54 Å². The quantitative estimate of drug-likeness (QED) is 0.816. The number of rotatable bonds is 6. The standard InChI is InChI=1S/C20H22N2O/c1-15(2)14-19(20(23)22-13-12-21)18-10-8-17(9-11-18)16-6-4-3-5-7-16/h3-11,15,19H,13-14H2,1-2H3,(H,22,23)/t19-/m0/s1. The fourth-order valence-electron chi connectivity index (χ4n) is 2.65. The zero-order chi connectivity index (χ0) is 16.7. The van der Waals surface area contributed by atoms with E-state index < -0.39 is 0 Å². The molecule has 1 atom stereocenters. The van der Waals surface area contributed by atoms with Crippen molar-refractivity contribution in [3.8, 4) is 17.2 Å². The molecular weight excluding hydrogens is 284 g/mol. The molecule has 0 aliphatic carbocycles. The van der Waals surface area contributed by atoms with Gasteiger partial charge in [-0.25, -0.2) is 0 Å². The highest BCUT2D eigenvalue weighted by molar-refractivity contribution is 5.84. The molecule has 0 aromatic heterocycles. The lowest BCUT2D eigenvalue weighted by molar-refractivity contribution is -0.122. The average Bonchev–Trinajstić information content (AvgIpc) is 2.58. The largest absolute Gasteiger partial charge is 0.342 e. The van der Waals surface area contributed by atoms with Gasteiger partial charge in [0.25, 0.3) is 0 Å². The van der Waals surface area contributed by atoms with Crippen molar-refractivity contribution >= 4 is 5.91 Å². The third-order valence-electron chi connectivity index (χ3n) is 3.79. The Hall–Kier alpha value is -2.60. The second-order valence-corrected chi connectivity index (χ2v) is 6.05. The predicted molar refractivity (Wildman–Crippen MR) is 92.7 cm³/mol. The van der Waals surface area contributed by atoms with Gasteiger partial charge in [-0.2, -0.15) is 5.26 Å². The third kappa shape index (κ3) is 4.69. The van der Waals surface area contributed by atoms with E-state index in [1.165, 1.54) is 0 Å². The lowest BCUT2D eigenvalue weighted by Gasteiger charge is -2.19. The minimum Gasteiger partial charge on any atom is -0.342 e. The highest BCUT2D eigenvalue weighted by Gasteiger charge is 2.21. The van der Waals surface area contributed by atoms with Crippen molar-refractivity contribution in [1.29, 1.82) is 5.26 Å². The Bertz CT molecular complexity index is 669. The van der Waals surface area contributed by atoms with Crippen LogP contribution in [-0.2, 0) is 4.79 Å². The van der Waals surface area contributed by atoms with Gasteiger partial charge < -0.3 is 5.32 Å². The van der Waals surface area contributed by atoms with Crippen molar-refractivity contribution in [2.24, 2.45) is 5.92 Å². The normalized spacial score (nSPS) is 11.7. The van der Waals surface area contributed by atoms with Gasteiger partial charge in [0, 0.05) is 0 Å². The second kappa shape index (κ2) is 8.14. The zero-order valence-corrected chi connectivity index (χ0v) is 13.6. The molecule has 0 aliphatic rings. The van der Waals surface area contributed by atoms with Crippen LogP contribution in [0.25, 0.3) is 11.1 Å². The van der Waals surface area contributed by atoms with Crippen LogP contribution >= 0.6 is 0 Å². The number of nitrogens with one attached hydrogen (secondary N) is 1. The monoisotopic (exact) mass is 306 g/mol. The van der Waals surface area contributed by atoms with Crippen molar-refractivity contribution in [3.05, 3.63) is 60.2 Å². The Kier molecular flexibility index (Phi) is 5.94. The molecule has 2 aromatic carbocycles. The summed E-state index contributed by atoms with van der Waals surface area (Å²) < 4.78 is 0. The Morgan fingerprint density at radius 2 is 1.65 bits per heavy atom. The molecule has 2 rings (SSSR count). The molecule has 0 spiro atoms. The molecule has 1 amide bonds. The van der Waals surface area contributed by atoms with Crippen LogP contribution in [0, 0.1) is 17.2 Å². The van der Waals surface area contributed by atoms with Gasteiger partial charge in [-0.05, 0) is 29.0 Å². The lowest BCUT2D eigenvalue weighted by atomic mass is 9.88. The Balaban J connectivity index is 2.22. The number of amides is 1. The molecule has 2 aromatic rings. The molecule has 0 heterocycles. The van der Waals surface area contributed by atoms with Crippen LogP contribution in [0.4, 0.5) is 0 Å². The highest BCUT2D eigenvalue weighted by atomic mass is 16.1. The van der Waals surface area contributed by atoms with Crippen LogP contribution in [0.15, 0.2) is 54.6 Å². The Labute approximate surface area is 138 Å². The first-order chi connectivity index (χ1) is 11.1. The summed E-state index contributed by atoms with van der Waals surface area (Å²) in [7, 11) is 0. The van der Waals surface area contributed by atoms with Crippen molar-refractivity contribution in [3.63, 3.8) is 0 Å². The van der Waals surface area contributed by atoms with Crippen LogP contribution in [0.1, 0.15) is 31.7 Å².